The molecule has 0 aliphatic carbocycles. The van der Waals surface area contributed by atoms with Crippen LogP contribution in [0.3, 0.4) is 0 Å². The molecule has 4 N–H and O–H groups in total. The lowest BCUT2D eigenvalue weighted by atomic mass is 10.1. The fourth-order valence-electron chi connectivity index (χ4n) is 2.82. The third-order valence-corrected chi connectivity index (χ3v) is 7.44. The van der Waals surface area contributed by atoms with E-state index in [4.69, 9.17) is 5.73 Å². The van der Waals surface area contributed by atoms with Crippen molar-refractivity contribution >= 4 is 33.4 Å². The van der Waals surface area contributed by atoms with E-state index in [0.717, 1.165) is 56.5 Å². The predicted octanol–water partition coefficient (Wildman–Crippen LogP) is 6.51. The fourth-order valence-corrected chi connectivity index (χ4v) is 4.64. The van der Waals surface area contributed by atoms with E-state index in [0.29, 0.717) is 19.5 Å². The lowest BCUT2D eigenvalue weighted by molar-refractivity contribution is -0.123. The molecular weight excluding hydrogens is 486 g/mol. The minimum absolute atomic E-state index is 0.0903. The number of carbonyl (C=O) groups is 2. The van der Waals surface area contributed by atoms with Crippen molar-refractivity contribution in [3.8, 4) is 0 Å². The molecule has 2 amide bonds. The Labute approximate surface area is 228 Å². The molecule has 0 saturated carbocycles. The molecule has 0 fully saturated rings. The number of allylic oxidation sites excluding steroid dienone is 10. The molecule has 1 atom stereocenters. The van der Waals surface area contributed by atoms with E-state index >= 15 is 0 Å². The van der Waals surface area contributed by atoms with Crippen LogP contribution in [-0.2, 0) is 9.59 Å². The summed E-state index contributed by atoms with van der Waals surface area (Å²) in [5.74, 6) is 1.84. The van der Waals surface area contributed by atoms with Crippen molar-refractivity contribution < 1.29 is 9.59 Å². The highest BCUT2D eigenvalue weighted by Crippen LogP contribution is 2.19. The Morgan fingerprint density at radius 2 is 1.22 bits per heavy atom. The highest BCUT2D eigenvalue weighted by Gasteiger charge is 2.16. The lowest BCUT2D eigenvalue weighted by Gasteiger charge is -2.14. The summed E-state index contributed by atoms with van der Waals surface area (Å²) in [5, 5.41) is 5.82. The van der Waals surface area contributed by atoms with Gasteiger partial charge in [-0.2, -0.15) is 0 Å². The number of hydrogen-bond donors (Lipinski definition) is 3. The number of rotatable bonds is 22. The van der Waals surface area contributed by atoms with Gasteiger partial charge in [0.25, 0.3) is 0 Å². The number of nitrogens with two attached hydrogens (primary N) is 1. The zero-order valence-electron chi connectivity index (χ0n) is 22.6. The molecular formula is C29H49N3O2S2. The van der Waals surface area contributed by atoms with Crippen LogP contribution in [0.5, 0.6) is 0 Å². The van der Waals surface area contributed by atoms with Crippen LogP contribution >= 0.6 is 21.6 Å². The molecule has 36 heavy (non-hydrogen) atoms. The molecule has 0 heterocycles. The molecule has 7 heteroatoms. The average molecular weight is 536 g/mol. The summed E-state index contributed by atoms with van der Waals surface area (Å²) in [5.41, 5.74) is 5.80. The summed E-state index contributed by atoms with van der Waals surface area (Å²) in [6.45, 7) is 7.31. The number of carbonyl (C=O) groups excluding carboxylic acids is 2. The van der Waals surface area contributed by atoms with Crippen LogP contribution in [-0.4, -0.2) is 42.5 Å². The minimum Gasteiger partial charge on any atom is -0.355 e. The second kappa shape index (κ2) is 26.4. The summed E-state index contributed by atoms with van der Waals surface area (Å²) in [7, 11) is 3.40. The van der Waals surface area contributed by atoms with Crippen molar-refractivity contribution in [3.05, 3.63) is 60.8 Å². The van der Waals surface area contributed by atoms with Crippen LogP contribution in [0.4, 0.5) is 0 Å². The van der Waals surface area contributed by atoms with E-state index in [1.54, 1.807) is 21.6 Å². The highest BCUT2D eigenvalue weighted by atomic mass is 33.1. The Morgan fingerprint density at radius 3 is 1.72 bits per heavy atom. The highest BCUT2D eigenvalue weighted by molar-refractivity contribution is 8.76. The van der Waals surface area contributed by atoms with Gasteiger partial charge in [0.05, 0.1) is 6.04 Å². The molecule has 204 valence electrons. The standard InChI is InChI=1S/C29H49N3O2S2/c1-4-5-6-7-8-9-10-11-12-13-14-15-16-17-18-19-20-21-27(33)31-22-24-35-36-25-23-32-29(34)28(30)26(2)3/h5-6,8-9,11-12,14-15,17-18,26,28H,4,7,10,13,16,19-25,30H2,1-3H3,(H,31,33)(H,32,34)/b6-5-,9-8-,12-11-,15-14-,18-17-/t28-/m0/s1. The predicted molar refractivity (Wildman–Crippen MR) is 162 cm³/mol. The fraction of sp³-hybridized carbons (Fsp3) is 0.586. The van der Waals surface area contributed by atoms with Crippen LogP contribution in [0, 0.1) is 5.92 Å². The molecule has 5 nitrogen and oxygen atoms in total. The van der Waals surface area contributed by atoms with Crippen molar-refractivity contribution in [1.29, 1.82) is 0 Å². The molecule has 0 radical (unpaired) electrons. The first-order valence-corrected chi connectivity index (χ1v) is 15.8. The second-order valence-corrected chi connectivity index (χ2v) is 11.4. The smallest absolute Gasteiger partial charge is 0.237 e. The van der Waals surface area contributed by atoms with Crippen LogP contribution in [0.1, 0.15) is 72.1 Å². The van der Waals surface area contributed by atoms with Gasteiger partial charge in [-0.3, -0.25) is 9.59 Å². The summed E-state index contributed by atoms with van der Waals surface area (Å²) in [4.78, 5) is 23.6. The summed E-state index contributed by atoms with van der Waals surface area (Å²) >= 11 is 0. The zero-order valence-corrected chi connectivity index (χ0v) is 24.3. The summed E-state index contributed by atoms with van der Waals surface area (Å²) in [6.07, 6.45) is 29.3. The normalized spacial score (nSPS) is 13.2. The molecule has 0 aromatic carbocycles. The topological polar surface area (TPSA) is 84.2 Å². The molecule has 0 aliphatic rings. The number of nitrogens with one attached hydrogen (secondary N) is 2. The quantitative estimate of drug-likeness (QED) is 0.0836. The molecule has 0 bridgehead atoms. The van der Waals surface area contributed by atoms with Gasteiger partial charge in [-0.1, -0.05) is 103 Å². The summed E-state index contributed by atoms with van der Waals surface area (Å²) < 4.78 is 0. The third-order valence-electron chi connectivity index (χ3n) is 5.03. The maximum absolute atomic E-state index is 11.9. The van der Waals surface area contributed by atoms with Crippen LogP contribution in [0.2, 0.25) is 0 Å². The number of hydrogen-bond acceptors (Lipinski definition) is 5. The molecule has 0 aliphatic heterocycles. The Kier molecular flexibility index (Phi) is 25.1. The first kappa shape index (κ1) is 34.3. The van der Waals surface area contributed by atoms with Crippen molar-refractivity contribution in [2.24, 2.45) is 11.7 Å². The van der Waals surface area contributed by atoms with Gasteiger partial charge in [0, 0.05) is 31.0 Å². The maximum Gasteiger partial charge on any atom is 0.237 e. The van der Waals surface area contributed by atoms with Crippen molar-refractivity contribution in [3.63, 3.8) is 0 Å². The second-order valence-electron chi connectivity index (χ2n) is 8.66. The van der Waals surface area contributed by atoms with E-state index in [1.807, 2.05) is 13.8 Å². The lowest BCUT2D eigenvalue weighted by Crippen LogP contribution is -2.44. The van der Waals surface area contributed by atoms with Crippen molar-refractivity contribution in [2.45, 2.75) is 78.2 Å². The Balaban J connectivity index is 3.52. The molecule has 0 unspecified atom stereocenters. The molecule has 0 spiro atoms. The van der Waals surface area contributed by atoms with E-state index < -0.39 is 6.04 Å². The van der Waals surface area contributed by atoms with E-state index in [1.165, 1.54) is 0 Å². The van der Waals surface area contributed by atoms with Gasteiger partial charge in [0.15, 0.2) is 0 Å². The van der Waals surface area contributed by atoms with Gasteiger partial charge in [0.2, 0.25) is 11.8 Å². The van der Waals surface area contributed by atoms with Crippen molar-refractivity contribution in [1.82, 2.24) is 10.6 Å². The number of amides is 2. The number of unbranched alkanes of at least 4 members (excludes halogenated alkanes) is 1. The maximum atomic E-state index is 11.9. The Morgan fingerprint density at radius 1 is 0.750 bits per heavy atom. The summed E-state index contributed by atoms with van der Waals surface area (Å²) in [6, 6.07) is -0.446. The SMILES string of the molecule is CC/C=C\C/C=C\C/C=C\C/C=C\C/C=C\CCCC(=O)NCCSSCCNC(=O)[C@@H](N)C(C)C. The van der Waals surface area contributed by atoms with Gasteiger partial charge in [-0.15, -0.1) is 0 Å². The van der Waals surface area contributed by atoms with Crippen LogP contribution < -0.4 is 16.4 Å². The van der Waals surface area contributed by atoms with Crippen LogP contribution in [0.25, 0.3) is 0 Å². The monoisotopic (exact) mass is 535 g/mol. The first-order chi connectivity index (χ1) is 17.5. The average Bonchev–Trinajstić information content (AvgIpc) is 2.86. The van der Waals surface area contributed by atoms with E-state index in [-0.39, 0.29) is 17.7 Å². The Bertz CT molecular complexity index is 701. The first-order valence-electron chi connectivity index (χ1n) is 13.3. The van der Waals surface area contributed by atoms with Gasteiger partial charge < -0.3 is 16.4 Å². The largest absolute Gasteiger partial charge is 0.355 e. The van der Waals surface area contributed by atoms with Crippen LogP contribution in [0.15, 0.2) is 60.8 Å². The minimum atomic E-state index is -0.446. The zero-order chi connectivity index (χ0) is 26.7. The Hall–Kier alpha value is -1.70. The molecule has 0 rings (SSSR count). The third kappa shape index (κ3) is 24.0. The van der Waals surface area contributed by atoms with Gasteiger partial charge >= 0.3 is 0 Å². The van der Waals surface area contributed by atoms with Gasteiger partial charge in [0.1, 0.15) is 0 Å². The molecule has 0 aromatic heterocycles. The molecule has 0 aromatic rings. The van der Waals surface area contributed by atoms with E-state index in [2.05, 4.69) is 78.3 Å². The van der Waals surface area contributed by atoms with Gasteiger partial charge in [-0.05, 0) is 50.9 Å². The molecule has 0 saturated heterocycles. The van der Waals surface area contributed by atoms with Gasteiger partial charge in [-0.25, -0.2) is 0 Å². The van der Waals surface area contributed by atoms with Crippen molar-refractivity contribution in [2.75, 3.05) is 24.6 Å². The van der Waals surface area contributed by atoms with E-state index in [9.17, 15) is 9.59 Å².